The minimum absolute atomic E-state index is 0.235. The number of aliphatic hydroxyl groups is 1. The maximum atomic E-state index is 13.2. The van der Waals surface area contributed by atoms with Gasteiger partial charge in [-0.15, -0.1) is 0 Å². The van der Waals surface area contributed by atoms with E-state index in [1.54, 1.807) is 4.68 Å². The number of benzene rings is 1. The van der Waals surface area contributed by atoms with Gasteiger partial charge in [-0.05, 0) is 24.1 Å². The standard InChI is InChI=1S/C13H13ClF2N2O/c1-2-5-18-12(9(14)7-17-18)13(19)8-3-4-10(15)11(16)6-8/h3-4,6-7,13,19H,2,5H2,1H3. The predicted octanol–water partition coefficient (Wildman–Crippen LogP) is 3.31. The number of aryl methyl sites for hydroxylation is 1. The first-order valence-electron chi connectivity index (χ1n) is 5.88. The van der Waals surface area contributed by atoms with Crippen molar-refractivity contribution < 1.29 is 13.9 Å². The third-order valence-electron chi connectivity index (χ3n) is 2.79. The van der Waals surface area contributed by atoms with Crippen LogP contribution in [0.25, 0.3) is 0 Å². The Labute approximate surface area is 114 Å². The number of nitrogens with zero attached hydrogens (tertiary/aromatic N) is 2. The lowest BCUT2D eigenvalue weighted by atomic mass is 10.1. The zero-order chi connectivity index (χ0) is 14.0. The molecule has 0 aliphatic rings. The molecule has 1 N–H and O–H groups in total. The normalized spacial score (nSPS) is 12.7. The molecule has 1 aromatic heterocycles. The fraction of sp³-hybridized carbons (Fsp3) is 0.308. The lowest BCUT2D eigenvalue weighted by Crippen LogP contribution is -2.11. The average molecular weight is 287 g/mol. The van der Waals surface area contributed by atoms with Crippen LogP contribution in [0.5, 0.6) is 0 Å². The van der Waals surface area contributed by atoms with Crippen molar-refractivity contribution in [3.05, 3.63) is 52.3 Å². The van der Waals surface area contributed by atoms with Gasteiger partial charge in [-0.25, -0.2) is 8.78 Å². The molecule has 0 saturated heterocycles. The smallest absolute Gasteiger partial charge is 0.159 e. The third kappa shape index (κ3) is 2.77. The highest BCUT2D eigenvalue weighted by molar-refractivity contribution is 6.31. The van der Waals surface area contributed by atoms with E-state index in [9.17, 15) is 13.9 Å². The highest BCUT2D eigenvalue weighted by atomic mass is 35.5. The van der Waals surface area contributed by atoms with Gasteiger partial charge in [0.05, 0.1) is 16.9 Å². The fourth-order valence-electron chi connectivity index (χ4n) is 1.87. The molecule has 0 amide bonds. The van der Waals surface area contributed by atoms with Crippen LogP contribution >= 0.6 is 11.6 Å². The highest BCUT2D eigenvalue weighted by Gasteiger charge is 2.20. The molecule has 0 bridgehead atoms. The first-order chi connectivity index (χ1) is 9.04. The maximum Gasteiger partial charge on any atom is 0.159 e. The second-order valence-corrected chi connectivity index (χ2v) is 4.58. The van der Waals surface area contributed by atoms with E-state index in [1.807, 2.05) is 6.92 Å². The third-order valence-corrected chi connectivity index (χ3v) is 3.08. The summed E-state index contributed by atoms with van der Waals surface area (Å²) >= 11 is 5.99. The van der Waals surface area contributed by atoms with Gasteiger partial charge in [-0.3, -0.25) is 4.68 Å². The minimum Gasteiger partial charge on any atom is -0.382 e. The van der Waals surface area contributed by atoms with Crippen LogP contribution in [0.3, 0.4) is 0 Å². The monoisotopic (exact) mass is 286 g/mol. The van der Waals surface area contributed by atoms with Gasteiger partial charge in [0, 0.05) is 6.54 Å². The number of hydrogen-bond acceptors (Lipinski definition) is 2. The van der Waals surface area contributed by atoms with Crippen LogP contribution in [0.4, 0.5) is 8.78 Å². The Hall–Kier alpha value is -1.46. The molecule has 2 rings (SSSR count). The van der Waals surface area contributed by atoms with Crippen LogP contribution in [-0.4, -0.2) is 14.9 Å². The predicted molar refractivity (Wildman–Crippen MR) is 67.9 cm³/mol. The molecule has 6 heteroatoms. The molecule has 0 aliphatic heterocycles. The molecule has 1 aromatic carbocycles. The van der Waals surface area contributed by atoms with E-state index < -0.39 is 17.7 Å². The second-order valence-electron chi connectivity index (χ2n) is 4.18. The van der Waals surface area contributed by atoms with Crippen LogP contribution < -0.4 is 0 Å². The van der Waals surface area contributed by atoms with Gasteiger partial charge in [-0.2, -0.15) is 5.10 Å². The highest BCUT2D eigenvalue weighted by Crippen LogP contribution is 2.29. The molecule has 1 unspecified atom stereocenters. The van der Waals surface area contributed by atoms with E-state index in [0.717, 1.165) is 18.6 Å². The van der Waals surface area contributed by atoms with E-state index in [2.05, 4.69) is 5.10 Å². The summed E-state index contributed by atoms with van der Waals surface area (Å²) in [6.07, 6.45) is 1.10. The summed E-state index contributed by atoms with van der Waals surface area (Å²) in [5.41, 5.74) is 0.619. The Morgan fingerprint density at radius 2 is 2.11 bits per heavy atom. The Bertz CT molecular complexity index is 586. The van der Waals surface area contributed by atoms with Crippen LogP contribution in [0.1, 0.15) is 30.7 Å². The minimum atomic E-state index is -1.14. The Kier molecular flexibility index (Phi) is 4.17. The van der Waals surface area contributed by atoms with Crippen molar-refractivity contribution in [2.75, 3.05) is 0 Å². The Morgan fingerprint density at radius 3 is 2.74 bits per heavy atom. The van der Waals surface area contributed by atoms with Gasteiger partial charge in [-0.1, -0.05) is 24.6 Å². The Morgan fingerprint density at radius 1 is 1.37 bits per heavy atom. The van der Waals surface area contributed by atoms with Gasteiger partial charge in [0.15, 0.2) is 11.6 Å². The van der Waals surface area contributed by atoms with Crippen molar-refractivity contribution in [3.63, 3.8) is 0 Å². The van der Waals surface area contributed by atoms with Crippen molar-refractivity contribution in [2.24, 2.45) is 0 Å². The molecule has 2 aromatic rings. The van der Waals surface area contributed by atoms with Gasteiger partial charge in [0.25, 0.3) is 0 Å². The summed E-state index contributed by atoms with van der Waals surface area (Å²) in [6.45, 7) is 2.55. The molecule has 0 fully saturated rings. The molecular formula is C13H13ClF2N2O. The van der Waals surface area contributed by atoms with E-state index in [4.69, 9.17) is 11.6 Å². The second kappa shape index (κ2) is 5.67. The van der Waals surface area contributed by atoms with Gasteiger partial charge in [0.2, 0.25) is 0 Å². The van der Waals surface area contributed by atoms with Crippen molar-refractivity contribution in [1.82, 2.24) is 9.78 Å². The number of rotatable bonds is 4. The molecule has 3 nitrogen and oxygen atoms in total. The summed E-state index contributed by atoms with van der Waals surface area (Å²) in [6, 6.07) is 3.25. The van der Waals surface area contributed by atoms with Crippen molar-refractivity contribution in [1.29, 1.82) is 0 Å². The molecule has 102 valence electrons. The zero-order valence-electron chi connectivity index (χ0n) is 10.3. The fourth-order valence-corrected chi connectivity index (χ4v) is 2.12. The first-order valence-corrected chi connectivity index (χ1v) is 6.26. The molecule has 19 heavy (non-hydrogen) atoms. The molecular weight excluding hydrogens is 274 g/mol. The first kappa shape index (κ1) is 14.0. The van der Waals surface area contributed by atoms with E-state index in [1.165, 1.54) is 12.3 Å². The summed E-state index contributed by atoms with van der Waals surface area (Å²) in [5.74, 6) is -1.96. The van der Waals surface area contributed by atoms with Crippen molar-refractivity contribution in [3.8, 4) is 0 Å². The van der Waals surface area contributed by atoms with E-state index >= 15 is 0 Å². The molecule has 0 saturated carbocycles. The van der Waals surface area contributed by atoms with Gasteiger partial charge >= 0.3 is 0 Å². The molecule has 0 radical (unpaired) electrons. The summed E-state index contributed by atoms with van der Waals surface area (Å²) in [7, 11) is 0. The number of halogens is 3. The van der Waals surface area contributed by atoms with Crippen LogP contribution in [0.2, 0.25) is 5.02 Å². The SMILES string of the molecule is CCCn1ncc(Cl)c1C(O)c1ccc(F)c(F)c1. The number of aromatic nitrogens is 2. The average Bonchev–Trinajstić information content (AvgIpc) is 2.74. The molecule has 1 heterocycles. The van der Waals surface area contributed by atoms with E-state index in [0.29, 0.717) is 17.3 Å². The number of hydrogen-bond donors (Lipinski definition) is 1. The van der Waals surface area contributed by atoms with Gasteiger partial charge in [0.1, 0.15) is 6.10 Å². The van der Waals surface area contributed by atoms with Crippen molar-refractivity contribution in [2.45, 2.75) is 26.0 Å². The van der Waals surface area contributed by atoms with Crippen LogP contribution in [0.15, 0.2) is 24.4 Å². The molecule has 0 spiro atoms. The zero-order valence-corrected chi connectivity index (χ0v) is 11.0. The lowest BCUT2D eigenvalue weighted by molar-refractivity contribution is 0.206. The van der Waals surface area contributed by atoms with Crippen LogP contribution in [-0.2, 0) is 6.54 Å². The van der Waals surface area contributed by atoms with E-state index in [-0.39, 0.29) is 5.56 Å². The molecule has 0 aliphatic carbocycles. The maximum absolute atomic E-state index is 13.2. The van der Waals surface area contributed by atoms with Crippen LogP contribution in [0, 0.1) is 11.6 Å². The van der Waals surface area contributed by atoms with Gasteiger partial charge < -0.3 is 5.11 Å². The summed E-state index contributed by atoms with van der Waals surface area (Å²) < 4.78 is 27.6. The summed E-state index contributed by atoms with van der Waals surface area (Å²) in [4.78, 5) is 0. The topological polar surface area (TPSA) is 38.0 Å². The lowest BCUT2D eigenvalue weighted by Gasteiger charge is -2.14. The largest absolute Gasteiger partial charge is 0.382 e. The summed E-state index contributed by atoms with van der Waals surface area (Å²) in [5, 5.41) is 14.6. The molecule has 1 atom stereocenters. The van der Waals surface area contributed by atoms with Crippen molar-refractivity contribution >= 4 is 11.6 Å². The Balaban J connectivity index is 2.40. The number of aliphatic hydroxyl groups excluding tert-OH is 1. The quantitative estimate of drug-likeness (QED) is 0.936.